The van der Waals surface area contributed by atoms with Gasteiger partial charge >= 0.3 is 0 Å². The van der Waals surface area contributed by atoms with Gasteiger partial charge in [-0.15, -0.1) is 11.3 Å². The van der Waals surface area contributed by atoms with Crippen LogP contribution in [0.1, 0.15) is 49.4 Å². The molecule has 2 atom stereocenters. The molecular weight excluding hydrogens is 286 g/mol. The topological polar surface area (TPSA) is 27.6 Å². The van der Waals surface area contributed by atoms with Gasteiger partial charge in [0, 0.05) is 22.5 Å². The maximum atomic E-state index is 5.62. The van der Waals surface area contributed by atoms with Gasteiger partial charge in [-0.05, 0) is 55.8 Å². The lowest BCUT2D eigenvalue weighted by Gasteiger charge is -2.29. The zero-order chi connectivity index (χ0) is 13.5. The second kappa shape index (κ2) is 5.11. The highest BCUT2D eigenvalue weighted by Gasteiger charge is 2.42. The first-order valence-electron chi connectivity index (χ1n) is 7.53. The lowest BCUT2D eigenvalue weighted by molar-refractivity contribution is 0.301. The van der Waals surface area contributed by atoms with E-state index in [0.717, 1.165) is 11.5 Å². The number of hydrogen-bond donors (Lipinski definition) is 1. The quantitative estimate of drug-likeness (QED) is 0.845. The van der Waals surface area contributed by atoms with Crippen LogP contribution in [-0.2, 0) is 0 Å². The number of hydrazone groups is 1. The predicted molar refractivity (Wildman–Crippen MR) is 87.0 cm³/mol. The molecule has 20 heavy (non-hydrogen) atoms. The third-order valence-electron chi connectivity index (χ3n) is 4.45. The third-order valence-corrected chi connectivity index (χ3v) is 5.70. The largest absolute Gasteiger partial charge is 0.358 e. The van der Waals surface area contributed by atoms with Crippen LogP contribution in [0.4, 0.5) is 0 Å². The highest BCUT2D eigenvalue weighted by Crippen LogP contribution is 2.43. The van der Waals surface area contributed by atoms with E-state index in [2.05, 4.69) is 27.8 Å². The number of nitrogens with one attached hydrogen (secondary N) is 1. The molecule has 2 unspecified atom stereocenters. The second-order valence-corrected chi connectivity index (χ2v) is 7.34. The van der Waals surface area contributed by atoms with Gasteiger partial charge in [0.1, 0.15) is 0 Å². The van der Waals surface area contributed by atoms with E-state index in [1.807, 2.05) is 11.3 Å². The van der Waals surface area contributed by atoms with Gasteiger partial charge in [0.2, 0.25) is 0 Å². The van der Waals surface area contributed by atoms with E-state index < -0.39 is 0 Å². The lowest BCUT2D eigenvalue weighted by Crippen LogP contribution is -2.39. The monoisotopic (exact) mass is 305 g/mol. The van der Waals surface area contributed by atoms with Crippen LogP contribution in [0.25, 0.3) is 0 Å². The number of hydrogen-bond acceptors (Lipinski definition) is 3. The van der Waals surface area contributed by atoms with Crippen LogP contribution in [0.3, 0.4) is 0 Å². The van der Waals surface area contributed by atoms with Crippen molar-refractivity contribution in [1.29, 1.82) is 0 Å². The molecule has 3 nitrogen and oxygen atoms in total. The van der Waals surface area contributed by atoms with Crippen molar-refractivity contribution < 1.29 is 0 Å². The van der Waals surface area contributed by atoms with Crippen LogP contribution in [-0.4, -0.2) is 21.9 Å². The van der Waals surface area contributed by atoms with Crippen molar-refractivity contribution in [2.24, 2.45) is 11.0 Å². The molecule has 2 fully saturated rings. The molecule has 3 aliphatic rings. The SMILES string of the molecule is S=C(NC1CC1)N1N=C2CCCCC2C1c1cccs1. The van der Waals surface area contributed by atoms with Crippen LogP contribution in [0.5, 0.6) is 0 Å². The molecule has 1 aromatic rings. The van der Waals surface area contributed by atoms with E-state index in [9.17, 15) is 0 Å². The van der Waals surface area contributed by atoms with Crippen molar-refractivity contribution >= 4 is 34.4 Å². The molecule has 1 aliphatic heterocycles. The Balaban J connectivity index is 1.63. The van der Waals surface area contributed by atoms with Crippen LogP contribution in [0, 0.1) is 5.92 Å². The summed E-state index contributed by atoms with van der Waals surface area (Å²) in [6.45, 7) is 0. The van der Waals surface area contributed by atoms with Crippen molar-refractivity contribution in [1.82, 2.24) is 10.3 Å². The Kier molecular flexibility index (Phi) is 3.27. The molecule has 2 saturated carbocycles. The Morgan fingerprint density at radius 1 is 1.35 bits per heavy atom. The van der Waals surface area contributed by atoms with Crippen molar-refractivity contribution in [2.75, 3.05) is 0 Å². The Morgan fingerprint density at radius 2 is 2.25 bits per heavy atom. The lowest BCUT2D eigenvalue weighted by atomic mass is 9.82. The van der Waals surface area contributed by atoms with Crippen molar-refractivity contribution in [3.8, 4) is 0 Å². The van der Waals surface area contributed by atoms with Gasteiger partial charge in [0.05, 0.1) is 6.04 Å². The summed E-state index contributed by atoms with van der Waals surface area (Å²) in [5, 5.41) is 13.4. The van der Waals surface area contributed by atoms with Crippen molar-refractivity contribution in [3.05, 3.63) is 22.4 Å². The highest BCUT2D eigenvalue weighted by atomic mass is 32.1. The molecule has 106 valence electrons. The smallest absolute Gasteiger partial charge is 0.190 e. The summed E-state index contributed by atoms with van der Waals surface area (Å²) in [4.78, 5) is 1.40. The minimum Gasteiger partial charge on any atom is -0.358 e. The number of nitrogens with zero attached hydrogens (tertiary/aromatic N) is 2. The summed E-state index contributed by atoms with van der Waals surface area (Å²) in [6, 6.07) is 5.30. The molecule has 4 rings (SSSR count). The van der Waals surface area contributed by atoms with E-state index in [-0.39, 0.29) is 0 Å². The van der Waals surface area contributed by atoms with Crippen LogP contribution >= 0.6 is 23.6 Å². The number of rotatable bonds is 2. The molecule has 0 aromatic carbocycles. The Labute approximate surface area is 129 Å². The fraction of sp³-hybridized carbons (Fsp3) is 0.600. The van der Waals surface area contributed by atoms with E-state index in [4.69, 9.17) is 17.3 Å². The summed E-state index contributed by atoms with van der Waals surface area (Å²) in [5.74, 6) is 0.571. The molecule has 0 radical (unpaired) electrons. The fourth-order valence-corrected chi connectivity index (χ4v) is 4.47. The summed E-state index contributed by atoms with van der Waals surface area (Å²) in [7, 11) is 0. The zero-order valence-electron chi connectivity index (χ0n) is 11.4. The van der Waals surface area contributed by atoms with E-state index in [0.29, 0.717) is 18.0 Å². The van der Waals surface area contributed by atoms with E-state index in [1.165, 1.54) is 42.7 Å². The van der Waals surface area contributed by atoms with Gasteiger partial charge in [-0.3, -0.25) is 0 Å². The van der Waals surface area contributed by atoms with Crippen molar-refractivity contribution in [3.63, 3.8) is 0 Å². The van der Waals surface area contributed by atoms with Crippen LogP contribution in [0.15, 0.2) is 22.6 Å². The first-order chi connectivity index (χ1) is 9.83. The molecule has 0 saturated heterocycles. The van der Waals surface area contributed by atoms with E-state index in [1.54, 1.807) is 0 Å². The average Bonchev–Trinajstić information content (AvgIpc) is 2.99. The fourth-order valence-electron chi connectivity index (χ4n) is 3.28. The maximum Gasteiger partial charge on any atom is 0.190 e. The molecule has 0 amide bonds. The van der Waals surface area contributed by atoms with Gasteiger partial charge in [-0.25, -0.2) is 5.01 Å². The molecule has 0 bridgehead atoms. The molecule has 1 aromatic heterocycles. The molecular formula is C15H19N3S2. The molecule has 1 N–H and O–H groups in total. The Hall–Kier alpha value is -0.940. The Bertz CT molecular complexity index is 533. The summed E-state index contributed by atoms with van der Waals surface area (Å²) < 4.78 is 0. The third kappa shape index (κ3) is 2.27. The number of fused-ring (bicyclic) bond motifs is 1. The normalized spacial score (nSPS) is 29.0. The Morgan fingerprint density at radius 3 is 3.00 bits per heavy atom. The standard InChI is InChI=1S/C15H19N3S2/c19-15(16-10-7-8-10)18-14(13-6-3-9-20-13)11-4-1-2-5-12(11)17-18/h3,6,9-11,14H,1-2,4-5,7-8H2,(H,16,19). The highest BCUT2D eigenvalue weighted by molar-refractivity contribution is 7.80. The summed E-state index contributed by atoms with van der Waals surface area (Å²) in [5.41, 5.74) is 1.37. The predicted octanol–water partition coefficient (Wildman–Crippen LogP) is 3.69. The van der Waals surface area contributed by atoms with Gasteiger partial charge in [0.25, 0.3) is 0 Å². The molecule has 5 heteroatoms. The van der Waals surface area contributed by atoms with Gasteiger partial charge in [0.15, 0.2) is 5.11 Å². The second-order valence-electron chi connectivity index (χ2n) is 5.97. The van der Waals surface area contributed by atoms with Gasteiger partial charge in [-0.1, -0.05) is 12.5 Å². The first kappa shape index (κ1) is 12.8. The van der Waals surface area contributed by atoms with Gasteiger partial charge < -0.3 is 5.32 Å². The number of thiocarbonyl (C=S) groups is 1. The van der Waals surface area contributed by atoms with Gasteiger partial charge in [-0.2, -0.15) is 5.10 Å². The molecule has 2 aliphatic carbocycles. The average molecular weight is 305 g/mol. The zero-order valence-corrected chi connectivity index (χ0v) is 13.1. The number of thiophene rings is 1. The summed E-state index contributed by atoms with van der Waals surface area (Å²) >= 11 is 7.44. The van der Waals surface area contributed by atoms with E-state index >= 15 is 0 Å². The molecule has 0 spiro atoms. The maximum absolute atomic E-state index is 5.62. The molecule has 2 heterocycles. The van der Waals surface area contributed by atoms with Crippen molar-refractivity contribution in [2.45, 2.75) is 50.6 Å². The first-order valence-corrected chi connectivity index (χ1v) is 8.82. The van der Waals surface area contributed by atoms with Crippen LogP contribution in [0.2, 0.25) is 0 Å². The minimum absolute atomic E-state index is 0.337. The minimum atomic E-state index is 0.337. The summed E-state index contributed by atoms with van der Waals surface area (Å²) in [6.07, 6.45) is 7.50. The van der Waals surface area contributed by atoms with Crippen LogP contribution < -0.4 is 5.32 Å².